The van der Waals surface area contributed by atoms with Crippen molar-refractivity contribution in [3.8, 4) is 0 Å². The van der Waals surface area contributed by atoms with Gasteiger partial charge in [-0.15, -0.1) is 0 Å². The Morgan fingerprint density at radius 1 is 0.968 bits per heavy atom. The Kier molecular flexibility index (Phi) is 5.95. The molecule has 1 aromatic heterocycles. The van der Waals surface area contributed by atoms with Crippen LogP contribution in [0.4, 0.5) is 5.82 Å². The number of rotatable bonds is 4. The number of aromatic nitrogens is 1. The number of hydrogen-bond acceptors (Lipinski definition) is 4. The van der Waals surface area contributed by atoms with E-state index in [1.807, 2.05) is 12.1 Å². The van der Waals surface area contributed by atoms with Crippen molar-refractivity contribution in [2.75, 3.05) is 38.1 Å². The summed E-state index contributed by atoms with van der Waals surface area (Å²) >= 11 is 0. The fourth-order valence-corrected chi connectivity index (χ4v) is 5.43. The lowest BCUT2D eigenvalue weighted by molar-refractivity contribution is 0.0962. The molecule has 5 nitrogen and oxygen atoms in total. The van der Waals surface area contributed by atoms with Crippen LogP contribution in [-0.2, 0) is 12.8 Å². The molecule has 0 bridgehead atoms. The summed E-state index contributed by atoms with van der Waals surface area (Å²) in [5.41, 5.74) is 5.30. The van der Waals surface area contributed by atoms with Crippen LogP contribution in [0.5, 0.6) is 0 Å². The smallest absolute Gasteiger partial charge is 0.252 e. The summed E-state index contributed by atoms with van der Waals surface area (Å²) < 4.78 is 0. The quantitative estimate of drug-likeness (QED) is 0.821. The van der Waals surface area contributed by atoms with Crippen molar-refractivity contribution in [2.45, 2.75) is 56.9 Å². The second kappa shape index (κ2) is 8.99. The van der Waals surface area contributed by atoms with Gasteiger partial charge in [0.15, 0.2) is 0 Å². The lowest BCUT2D eigenvalue weighted by atomic mass is 9.87. The van der Waals surface area contributed by atoms with E-state index in [0.717, 1.165) is 37.8 Å². The van der Waals surface area contributed by atoms with Gasteiger partial charge in [0, 0.05) is 45.5 Å². The number of amides is 1. The van der Waals surface area contributed by atoms with Crippen molar-refractivity contribution >= 4 is 11.7 Å². The van der Waals surface area contributed by atoms with E-state index in [0.29, 0.717) is 11.5 Å². The molecule has 2 aliphatic heterocycles. The minimum atomic E-state index is -0.0863. The first-order valence-corrected chi connectivity index (χ1v) is 12.0. The number of pyridine rings is 1. The Morgan fingerprint density at radius 2 is 1.74 bits per heavy atom. The van der Waals surface area contributed by atoms with Crippen LogP contribution in [0.2, 0.25) is 0 Å². The molecule has 0 spiro atoms. The minimum absolute atomic E-state index is 0.0863. The largest absolute Gasteiger partial charge is 0.357 e. The third-order valence-electron chi connectivity index (χ3n) is 7.69. The zero-order valence-electron chi connectivity index (χ0n) is 18.6. The van der Waals surface area contributed by atoms with Gasteiger partial charge in [0.05, 0.1) is 5.56 Å². The summed E-state index contributed by atoms with van der Waals surface area (Å²) in [6, 6.07) is 12.0. The third kappa shape index (κ3) is 4.33. The predicted molar refractivity (Wildman–Crippen MR) is 125 cm³/mol. The van der Waals surface area contributed by atoms with E-state index in [1.165, 1.54) is 50.8 Å². The van der Waals surface area contributed by atoms with Crippen molar-refractivity contribution in [2.24, 2.45) is 0 Å². The van der Waals surface area contributed by atoms with Crippen molar-refractivity contribution in [1.29, 1.82) is 0 Å². The van der Waals surface area contributed by atoms with Gasteiger partial charge in [-0.3, -0.25) is 9.69 Å². The monoisotopic (exact) mass is 418 g/mol. The first-order valence-electron chi connectivity index (χ1n) is 12.0. The van der Waals surface area contributed by atoms with Crippen molar-refractivity contribution in [3.05, 3.63) is 58.8 Å². The number of anilines is 1. The highest BCUT2D eigenvalue weighted by atomic mass is 16.1. The van der Waals surface area contributed by atoms with Crippen LogP contribution in [0.1, 0.15) is 65.1 Å². The molecule has 3 heterocycles. The van der Waals surface area contributed by atoms with E-state index >= 15 is 0 Å². The molecule has 1 amide bonds. The third-order valence-corrected chi connectivity index (χ3v) is 7.69. The van der Waals surface area contributed by atoms with Crippen LogP contribution >= 0.6 is 0 Å². The fourth-order valence-electron chi connectivity index (χ4n) is 5.43. The molecular formula is C26H34N4O. The van der Waals surface area contributed by atoms with E-state index in [2.05, 4.69) is 38.3 Å². The minimum Gasteiger partial charge on any atom is -0.357 e. The number of fused-ring (bicyclic) bond motifs is 1. The molecule has 164 valence electrons. The Morgan fingerprint density at radius 3 is 2.39 bits per heavy atom. The van der Waals surface area contributed by atoms with E-state index in [9.17, 15) is 4.79 Å². The Bertz CT molecular complexity index is 914. The molecule has 5 rings (SSSR count). The maximum Gasteiger partial charge on any atom is 0.252 e. The predicted octanol–water partition coefficient (Wildman–Crippen LogP) is 3.78. The Balaban J connectivity index is 1.20. The van der Waals surface area contributed by atoms with Gasteiger partial charge >= 0.3 is 0 Å². The Labute approximate surface area is 185 Å². The molecule has 31 heavy (non-hydrogen) atoms. The number of nitrogens with zero attached hydrogens (tertiary/aromatic N) is 3. The summed E-state index contributed by atoms with van der Waals surface area (Å²) in [7, 11) is 1.65. The van der Waals surface area contributed by atoms with Crippen molar-refractivity contribution < 1.29 is 4.79 Å². The van der Waals surface area contributed by atoms with Crippen molar-refractivity contribution in [3.63, 3.8) is 0 Å². The van der Waals surface area contributed by atoms with Gasteiger partial charge in [-0.05, 0) is 73.3 Å². The number of benzene rings is 1. The maximum atomic E-state index is 11.7. The van der Waals surface area contributed by atoms with Crippen LogP contribution in [-0.4, -0.2) is 55.1 Å². The highest BCUT2D eigenvalue weighted by Crippen LogP contribution is 2.33. The summed E-state index contributed by atoms with van der Waals surface area (Å²) in [5, 5.41) is 2.65. The summed E-state index contributed by atoms with van der Waals surface area (Å²) in [6.45, 7) is 4.51. The topological polar surface area (TPSA) is 48.5 Å². The van der Waals surface area contributed by atoms with E-state index in [1.54, 1.807) is 24.4 Å². The first kappa shape index (κ1) is 20.5. The molecule has 1 aromatic carbocycles. The number of nitrogens with one attached hydrogen (secondary N) is 1. The average molecular weight is 419 g/mol. The molecule has 1 N–H and O–H groups in total. The number of hydrogen-bond donors (Lipinski definition) is 1. The van der Waals surface area contributed by atoms with E-state index < -0.39 is 0 Å². The van der Waals surface area contributed by atoms with Gasteiger partial charge in [-0.25, -0.2) is 4.98 Å². The van der Waals surface area contributed by atoms with Crippen LogP contribution in [0.3, 0.4) is 0 Å². The van der Waals surface area contributed by atoms with E-state index in [4.69, 9.17) is 0 Å². The Hall–Kier alpha value is -2.40. The fraction of sp³-hybridized carbons (Fsp3) is 0.538. The van der Waals surface area contributed by atoms with Crippen LogP contribution in [0, 0.1) is 0 Å². The number of carbonyl (C=O) groups excluding carboxylic acids is 1. The maximum absolute atomic E-state index is 11.7. The van der Waals surface area contributed by atoms with Gasteiger partial charge in [0.1, 0.15) is 5.82 Å². The summed E-state index contributed by atoms with van der Waals surface area (Å²) in [5.74, 6) is 1.53. The number of carbonyl (C=O) groups is 1. The second-order valence-corrected chi connectivity index (χ2v) is 9.39. The zero-order chi connectivity index (χ0) is 21.2. The molecule has 0 unspecified atom stereocenters. The van der Waals surface area contributed by atoms with Gasteiger partial charge in [0.25, 0.3) is 5.91 Å². The second-order valence-electron chi connectivity index (χ2n) is 9.39. The van der Waals surface area contributed by atoms with Crippen LogP contribution in [0.25, 0.3) is 0 Å². The summed E-state index contributed by atoms with van der Waals surface area (Å²) in [6.07, 6.45) is 10.7. The lowest BCUT2D eigenvalue weighted by Gasteiger charge is -2.36. The van der Waals surface area contributed by atoms with E-state index in [-0.39, 0.29) is 5.91 Å². The molecule has 0 radical (unpaired) electrons. The molecule has 2 fully saturated rings. The van der Waals surface area contributed by atoms with Crippen LogP contribution < -0.4 is 10.2 Å². The highest BCUT2D eigenvalue weighted by Gasteiger charge is 2.27. The first-order chi connectivity index (χ1) is 15.2. The van der Waals surface area contributed by atoms with Crippen LogP contribution in [0.15, 0.2) is 36.5 Å². The SMILES string of the molecule is CNC(=O)c1ccc(N2CCC(c3ccc4c(c3)CCN(C3CCC3)CC4)CC2)nc1. The zero-order valence-corrected chi connectivity index (χ0v) is 18.6. The molecule has 1 saturated heterocycles. The molecule has 3 aliphatic rings. The normalized spacial score (nSPS) is 20.6. The standard InChI is InChI=1S/C26H34N4O/c1-27-26(31)23-7-8-25(28-18-23)30-15-10-20(11-16-30)21-6-5-19-9-13-29(24-3-2-4-24)14-12-22(19)17-21/h5-8,17-18,20,24H,2-4,9-16H2,1H3,(H,27,31). The van der Waals surface area contributed by atoms with Gasteiger partial charge < -0.3 is 10.2 Å². The molecular weight excluding hydrogens is 384 g/mol. The van der Waals surface area contributed by atoms with Crippen molar-refractivity contribution in [1.82, 2.24) is 15.2 Å². The highest BCUT2D eigenvalue weighted by molar-refractivity contribution is 5.93. The molecule has 0 atom stereocenters. The number of piperidine rings is 1. The molecule has 1 aliphatic carbocycles. The van der Waals surface area contributed by atoms with Gasteiger partial charge in [-0.1, -0.05) is 24.6 Å². The molecule has 1 saturated carbocycles. The lowest BCUT2D eigenvalue weighted by Crippen LogP contribution is -2.41. The molecule has 2 aromatic rings. The van der Waals surface area contributed by atoms with Gasteiger partial charge in [-0.2, -0.15) is 0 Å². The average Bonchev–Trinajstić information content (AvgIpc) is 3.00. The van der Waals surface area contributed by atoms with Gasteiger partial charge in [0.2, 0.25) is 0 Å². The molecule has 5 heteroatoms. The summed E-state index contributed by atoms with van der Waals surface area (Å²) in [4.78, 5) is 21.3.